The number of hydrogen-bond donors (Lipinski definition) is 1. The lowest BCUT2D eigenvalue weighted by molar-refractivity contribution is 0.141. The minimum atomic E-state index is 0.580. The molecule has 1 N–H and O–H groups in total. The third-order valence-electron chi connectivity index (χ3n) is 3.62. The molecule has 1 aromatic carbocycles. The average molecular weight is 326 g/mol. The largest absolute Gasteiger partial charge is 0.382 e. The third-order valence-corrected chi connectivity index (χ3v) is 4.34. The van der Waals surface area contributed by atoms with Gasteiger partial charge in [-0.15, -0.1) is 0 Å². The number of ether oxygens (including phenoxy) is 1. The van der Waals surface area contributed by atoms with Crippen LogP contribution in [-0.2, 0) is 4.74 Å². The highest BCUT2D eigenvalue weighted by Crippen LogP contribution is 2.29. The highest BCUT2D eigenvalue weighted by Gasteiger charge is 2.23. The number of rotatable bonds is 9. The minimum absolute atomic E-state index is 0.580. The van der Waals surface area contributed by atoms with Crippen LogP contribution in [0.3, 0.4) is 0 Å². The molecule has 0 spiro atoms. The molecule has 1 aromatic rings. The maximum absolute atomic E-state index is 5.46. The van der Waals surface area contributed by atoms with Gasteiger partial charge in [0.05, 0.1) is 0 Å². The summed E-state index contributed by atoms with van der Waals surface area (Å²) in [6, 6.07) is 9.37. The van der Waals surface area contributed by atoms with Crippen molar-refractivity contribution in [2.24, 2.45) is 0 Å². The topological polar surface area (TPSA) is 21.3 Å². The van der Waals surface area contributed by atoms with E-state index in [0.717, 1.165) is 32.2 Å². The molecule has 1 fully saturated rings. The zero-order valence-electron chi connectivity index (χ0n) is 11.7. The molecular formula is C16H24BrNO. The van der Waals surface area contributed by atoms with Crippen molar-refractivity contribution in [2.45, 2.75) is 44.6 Å². The number of hydrogen-bond acceptors (Lipinski definition) is 2. The van der Waals surface area contributed by atoms with Crippen molar-refractivity contribution in [1.29, 1.82) is 0 Å². The molecular weight excluding hydrogens is 302 g/mol. The Kier molecular flexibility index (Phi) is 6.35. The molecule has 1 aliphatic carbocycles. The first-order valence-electron chi connectivity index (χ1n) is 7.36. The quantitative estimate of drug-likeness (QED) is 0.690. The molecule has 1 aliphatic rings. The van der Waals surface area contributed by atoms with E-state index >= 15 is 0 Å². The molecule has 2 nitrogen and oxygen atoms in total. The average Bonchev–Trinajstić information content (AvgIpc) is 3.23. The van der Waals surface area contributed by atoms with Gasteiger partial charge in [0.1, 0.15) is 0 Å². The number of nitrogens with one attached hydrogen (secondary N) is 1. The fourth-order valence-corrected chi connectivity index (χ4v) is 2.95. The van der Waals surface area contributed by atoms with Gasteiger partial charge in [0.25, 0.3) is 0 Å². The van der Waals surface area contributed by atoms with Gasteiger partial charge < -0.3 is 10.1 Å². The molecule has 0 aromatic heterocycles. The Balaban J connectivity index is 1.90. The second-order valence-electron chi connectivity index (χ2n) is 5.24. The summed E-state index contributed by atoms with van der Waals surface area (Å²) in [5, 5.41) is 3.66. The molecule has 3 heteroatoms. The van der Waals surface area contributed by atoms with Crippen molar-refractivity contribution < 1.29 is 4.74 Å². The molecule has 1 atom stereocenters. The van der Waals surface area contributed by atoms with Crippen LogP contribution in [0.15, 0.2) is 28.7 Å². The minimum Gasteiger partial charge on any atom is -0.382 e. The summed E-state index contributed by atoms with van der Waals surface area (Å²) in [5.74, 6) is 0.580. The van der Waals surface area contributed by atoms with Gasteiger partial charge in [-0.05, 0) is 50.2 Å². The van der Waals surface area contributed by atoms with Crippen LogP contribution in [0.4, 0.5) is 0 Å². The van der Waals surface area contributed by atoms with E-state index in [2.05, 4.69) is 52.4 Å². The number of halogens is 1. The van der Waals surface area contributed by atoms with Crippen molar-refractivity contribution >= 4 is 15.9 Å². The summed E-state index contributed by atoms with van der Waals surface area (Å²) in [5.41, 5.74) is 1.42. The van der Waals surface area contributed by atoms with Gasteiger partial charge in [-0.3, -0.25) is 0 Å². The van der Waals surface area contributed by atoms with Crippen LogP contribution in [0, 0.1) is 0 Å². The SMILES string of the molecule is CCOCCCC(CNC1CC1)c1ccccc1Br. The Morgan fingerprint density at radius 1 is 1.37 bits per heavy atom. The molecule has 0 heterocycles. The standard InChI is InChI=1S/C16H24BrNO/c1-2-19-11-5-6-13(12-18-14-9-10-14)15-7-3-4-8-16(15)17/h3-4,7-8,13-14,18H,2,5-6,9-12H2,1H3. The maximum atomic E-state index is 5.46. The molecule has 0 amide bonds. The van der Waals surface area contributed by atoms with Gasteiger partial charge in [0, 0.05) is 30.3 Å². The maximum Gasteiger partial charge on any atom is 0.0466 e. The predicted molar refractivity (Wildman–Crippen MR) is 83.6 cm³/mol. The van der Waals surface area contributed by atoms with Crippen LogP contribution in [0.1, 0.15) is 44.1 Å². The smallest absolute Gasteiger partial charge is 0.0466 e. The fourth-order valence-electron chi connectivity index (χ4n) is 2.35. The summed E-state index contributed by atoms with van der Waals surface area (Å²) in [4.78, 5) is 0. The van der Waals surface area contributed by atoms with E-state index < -0.39 is 0 Å². The van der Waals surface area contributed by atoms with E-state index in [9.17, 15) is 0 Å². The van der Waals surface area contributed by atoms with Crippen molar-refractivity contribution in [3.05, 3.63) is 34.3 Å². The summed E-state index contributed by atoms with van der Waals surface area (Å²) in [6.07, 6.45) is 5.01. The Hall–Kier alpha value is -0.380. The van der Waals surface area contributed by atoms with E-state index in [-0.39, 0.29) is 0 Å². The van der Waals surface area contributed by atoms with Gasteiger partial charge in [0.15, 0.2) is 0 Å². The second-order valence-corrected chi connectivity index (χ2v) is 6.09. The first-order valence-corrected chi connectivity index (χ1v) is 8.16. The van der Waals surface area contributed by atoms with Crippen molar-refractivity contribution in [1.82, 2.24) is 5.32 Å². The molecule has 0 aliphatic heterocycles. The van der Waals surface area contributed by atoms with Crippen LogP contribution in [0.25, 0.3) is 0 Å². The van der Waals surface area contributed by atoms with E-state index in [1.54, 1.807) is 0 Å². The summed E-state index contributed by atoms with van der Waals surface area (Å²) >= 11 is 3.68. The molecule has 0 saturated heterocycles. The fraction of sp³-hybridized carbons (Fsp3) is 0.625. The molecule has 1 saturated carbocycles. The van der Waals surface area contributed by atoms with E-state index in [1.807, 2.05) is 0 Å². The Labute approximate surface area is 125 Å². The molecule has 0 bridgehead atoms. The first-order chi connectivity index (χ1) is 9.31. The van der Waals surface area contributed by atoms with Crippen LogP contribution in [-0.4, -0.2) is 25.8 Å². The number of benzene rings is 1. The molecule has 0 radical (unpaired) electrons. The van der Waals surface area contributed by atoms with Crippen molar-refractivity contribution in [3.63, 3.8) is 0 Å². The van der Waals surface area contributed by atoms with Gasteiger partial charge in [-0.2, -0.15) is 0 Å². The van der Waals surface area contributed by atoms with Crippen molar-refractivity contribution in [3.8, 4) is 0 Å². The lowest BCUT2D eigenvalue weighted by atomic mass is 9.94. The van der Waals surface area contributed by atoms with E-state index in [4.69, 9.17) is 4.74 Å². The van der Waals surface area contributed by atoms with Gasteiger partial charge in [-0.25, -0.2) is 0 Å². The monoisotopic (exact) mass is 325 g/mol. The lowest BCUT2D eigenvalue weighted by Gasteiger charge is -2.19. The van der Waals surface area contributed by atoms with E-state index in [1.165, 1.54) is 29.3 Å². The highest BCUT2D eigenvalue weighted by atomic mass is 79.9. The summed E-state index contributed by atoms with van der Waals surface area (Å²) in [6.45, 7) is 4.83. The molecule has 19 heavy (non-hydrogen) atoms. The second kappa shape index (κ2) is 8.03. The summed E-state index contributed by atoms with van der Waals surface area (Å²) < 4.78 is 6.69. The predicted octanol–water partition coefficient (Wildman–Crippen LogP) is 4.10. The van der Waals surface area contributed by atoms with Crippen LogP contribution >= 0.6 is 15.9 Å². The van der Waals surface area contributed by atoms with Crippen LogP contribution < -0.4 is 5.32 Å². The van der Waals surface area contributed by atoms with Crippen molar-refractivity contribution in [2.75, 3.05) is 19.8 Å². The highest BCUT2D eigenvalue weighted by molar-refractivity contribution is 9.10. The normalized spacial score (nSPS) is 16.5. The Morgan fingerprint density at radius 2 is 2.16 bits per heavy atom. The Bertz CT molecular complexity index is 379. The third kappa shape index (κ3) is 5.25. The summed E-state index contributed by atoms with van der Waals surface area (Å²) in [7, 11) is 0. The van der Waals surface area contributed by atoms with Crippen LogP contribution in [0.5, 0.6) is 0 Å². The van der Waals surface area contributed by atoms with Gasteiger partial charge in [0.2, 0.25) is 0 Å². The first kappa shape index (κ1) is 15.0. The zero-order chi connectivity index (χ0) is 13.5. The molecule has 2 rings (SSSR count). The molecule has 1 unspecified atom stereocenters. The Morgan fingerprint density at radius 3 is 2.84 bits per heavy atom. The lowest BCUT2D eigenvalue weighted by Crippen LogP contribution is -2.24. The molecule has 106 valence electrons. The zero-order valence-corrected chi connectivity index (χ0v) is 13.3. The van der Waals surface area contributed by atoms with E-state index in [0.29, 0.717) is 5.92 Å². The van der Waals surface area contributed by atoms with Crippen LogP contribution in [0.2, 0.25) is 0 Å². The van der Waals surface area contributed by atoms with Gasteiger partial charge in [-0.1, -0.05) is 34.1 Å². The van der Waals surface area contributed by atoms with Gasteiger partial charge >= 0.3 is 0 Å².